The van der Waals surface area contributed by atoms with Gasteiger partial charge in [0, 0.05) is 17.6 Å². The highest BCUT2D eigenvalue weighted by atomic mass is 32.1. The number of nitrogens with zero attached hydrogens (tertiary/aromatic N) is 3. The Hall–Kier alpha value is -2.80. The summed E-state index contributed by atoms with van der Waals surface area (Å²) in [5.41, 5.74) is 9.62. The lowest BCUT2D eigenvalue weighted by atomic mass is 10.1. The predicted octanol–water partition coefficient (Wildman–Crippen LogP) is 2.73. The molecule has 3 N–H and O–H groups in total. The van der Waals surface area contributed by atoms with Gasteiger partial charge < -0.3 is 11.1 Å². The van der Waals surface area contributed by atoms with Crippen molar-refractivity contribution < 1.29 is 4.79 Å². The van der Waals surface area contributed by atoms with Crippen molar-refractivity contribution in [3.8, 4) is 10.7 Å². The molecule has 1 aromatic carbocycles. The molecule has 0 saturated heterocycles. The smallest absolute Gasteiger partial charge is 0.270 e. The molecular weight excluding hydrogens is 322 g/mol. The van der Waals surface area contributed by atoms with Crippen LogP contribution in [-0.4, -0.2) is 20.9 Å². The lowest BCUT2D eigenvalue weighted by Gasteiger charge is -2.08. The molecule has 6 nitrogen and oxygen atoms in total. The Balaban J connectivity index is 1.80. The predicted molar refractivity (Wildman–Crippen MR) is 94.6 cm³/mol. The summed E-state index contributed by atoms with van der Waals surface area (Å²) in [5.74, 6) is -0.233. The van der Waals surface area contributed by atoms with Crippen molar-refractivity contribution in [2.75, 3.05) is 5.73 Å². The molecular formula is C17H17N5OS. The van der Waals surface area contributed by atoms with Crippen molar-refractivity contribution in [2.24, 2.45) is 0 Å². The molecule has 2 heterocycles. The number of nitrogens with two attached hydrogens (primary N) is 1. The third kappa shape index (κ3) is 3.57. The minimum atomic E-state index is -0.290. The first-order valence-corrected chi connectivity index (χ1v) is 8.30. The van der Waals surface area contributed by atoms with Crippen LogP contribution in [0.25, 0.3) is 10.7 Å². The fraction of sp³-hybridized carbons (Fsp3) is 0.176. The summed E-state index contributed by atoms with van der Waals surface area (Å²) in [5, 5.41) is 5.50. The number of aryl methyl sites for hydroxylation is 2. The summed E-state index contributed by atoms with van der Waals surface area (Å²) < 4.78 is 0. The number of hydrogen-bond donors (Lipinski definition) is 2. The van der Waals surface area contributed by atoms with E-state index in [4.69, 9.17) is 5.73 Å². The van der Waals surface area contributed by atoms with E-state index in [1.54, 1.807) is 6.07 Å². The quantitative estimate of drug-likeness (QED) is 0.762. The number of nitrogen functional groups attached to an aromatic ring is 1. The number of hydrogen-bond acceptors (Lipinski definition) is 6. The van der Waals surface area contributed by atoms with E-state index in [-0.39, 0.29) is 17.5 Å². The molecule has 0 fully saturated rings. The van der Waals surface area contributed by atoms with E-state index in [1.165, 1.54) is 11.3 Å². The molecule has 0 unspecified atom stereocenters. The van der Waals surface area contributed by atoms with Crippen LogP contribution in [0.5, 0.6) is 0 Å². The largest absolute Gasteiger partial charge is 0.368 e. The van der Waals surface area contributed by atoms with E-state index < -0.39 is 0 Å². The normalized spacial score (nSPS) is 10.6. The van der Waals surface area contributed by atoms with Gasteiger partial charge in [0.05, 0.1) is 0 Å². The first-order valence-electron chi connectivity index (χ1n) is 7.42. The second-order valence-corrected chi connectivity index (χ2v) is 6.26. The number of thiazole rings is 1. The lowest BCUT2D eigenvalue weighted by Crippen LogP contribution is -2.24. The van der Waals surface area contributed by atoms with E-state index in [1.807, 2.05) is 43.5 Å². The van der Waals surface area contributed by atoms with Crippen LogP contribution in [0.15, 0.2) is 35.7 Å². The van der Waals surface area contributed by atoms with Crippen LogP contribution in [0.3, 0.4) is 0 Å². The molecule has 0 saturated carbocycles. The van der Waals surface area contributed by atoms with E-state index >= 15 is 0 Å². The number of nitrogens with one attached hydrogen (secondary N) is 1. The van der Waals surface area contributed by atoms with Gasteiger partial charge in [-0.2, -0.15) is 0 Å². The van der Waals surface area contributed by atoms with E-state index in [9.17, 15) is 4.79 Å². The topological polar surface area (TPSA) is 93.8 Å². The fourth-order valence-electron chi connectivity index (χ4n) is 2.24. The van der Waals surface area contributed by atoms with Crippen LogP contribution < -0.4 is 11.1 Å². The average Bonchev–Trinajstić information content (AvgIpc) is 3.00. The van der Waals surface area contributed by atoms with Crippen LogP contribution in [0.2, 0.25) is 0 Å². The van der Waals surface area contributed by atoms with Gasteiger partial charge in [-0.1, -0.05) is 24.3 Å². The van der Waals surface area contributed by atoms with Gasteiger partial charge in [-0.15, -0.1) is 11.3 Å². The molecule has 0 aliphatic carbocycles. The maximum absolute atomic E-state index is 12.4. The van der Waals surface area contributed by atoms with Crippen molar-refractivity contribution in [1.29, 1.82) is 0 Å². The molecule has 0 spiro atoms. The third-order valence-corrected chi connectivity index (χ3v) is 4.50. The number of carbonyl (C=O) groups excluding carboxylic acids is 1. The molecule has 0 atom stereocenters. The number of amides is 1. The molecule has 0 radical (unpaired) electrons. The van der Waals surface area contributed by atoms with Crippen LogP contribution in [0.1, 0.15) is 27.3 Å². The second-order valence-electron chi connectivity index (χ2n) is 5.40. The van der Waals surface area contributed by atoms with Crippen LogP contribution in [-0.2, 0) is 6.54 Å². The van der Waals surface area contributed by atoms with Crippen molar-refractivity contribution in [3.05, 3.63) is 58.2 Å². The molecule has 1 amide bonds. The number of anilines is 1. The average molecular weight is 339 g/mol. The monoisotopic (exact) mass is 339 g/mol. The Kier molecular flexibility index (Phi) is 4.52. The van der Waals surface area contributed by atoms with Gasteiger partial charge >= 0.3 is 0 Å². The minimum absolute atomic E-state index is 0.0568. The fourth-order valence-corrected chi connectivity index (χ4v) is 2.99. The van der Waals surface area contributed by atoms with Gasteiger partial charge in [0.2, 0.25) is 5.95 Å². The summed E-state index contributed by atoms with van der Waals surface area (Å²) in [6, 6.07) is 9.51. The molecule has 3 rings (SSSR count). The van der Waals surface area contributed by atoms with Crippen molar-refractivity contribution in [2.45, 2.75) is 20.4 Å². The second kappa shape index (κ2) is 6.76. The molecule has 0 bridgehead atoms. The number of rotatable bonds is 4. The number of carbonyl (C=O) groups is 1. The van der Waals surface area contributed by atoms with Gasteiger partial charge in [-0.05, 0) is 31.0 Å². The number of benzene rings is 1. The molecule has 0 aliphatic rings. The number of aromatic nitrogens is 3. The first kappa shape index (κ1) is 16.1. The third-order valence-electron chi connectivity index (χ3n) is 3.51. The highest BCUT2D eigenvalue weighted by Gasteiger charge is 2.13. The molecule has 7 heteroatoms. The summed E-state index contributed by atoms with van der Waals surface area (Å²) in [6.45, 7) is 4.34. The summed E-state index contributed by atoms with van der Waals surface area (Å²) in [7, 11) is 0. The van der Waals surface area contributed by atoms with Gasteiger partial charge in [0.1, 0.15) is 16.4 Å². The van der Waals surface area contributed by atoms with E-state index in [0.717, 1.165) is 21.8 Å². The maximum Gasteiger partial charge on any atom is 0.270 e. The van der Waals surface area contributed by atoms with Crippen LogP contribution in [0, 0.1) is 13.8 Å². The minimum Gasteiger partial charge on any atom is -0.368 e. The molecule has 3 aromatic rings. The summed E-state index contributed by atoms with van der Waals surface area (Å²) >= 11 is 1.46. The van der Waals surface area contributed by atoms with Gasteiger partial charge in [-0.25, -0.2) is 15.0 Å². The maximum atomic E-state index is 12.4. The Morgan fingerprint density at radius 3 is 2.71 bits per heavy atom. The van der Waals surface area contributed by atoms with Crippen LogP contribution in [0.4, 0.5) is 5.95 Å². The van der Waals surface area contributed by atoms with Crippen molar-refractivity contribution >= 4 is 23.2 Å². The SMILES string of the molecule is Cc1csc(-c2cc(C(=O)NCc3ccccc3C)nc(N)n2)n1. The summed E-state index contributed by atoms with van der Waals surface area (Å²) in [4.78, 5) is 25.0. The van der Waals surface area contributed by atoms with Crippen molar-refractivity contribution in [3.63, 3.8) is 0 Å². The Morgan fingerprint density at radius 1 is 1.21 bits per heavy atom. The Labute approximate surface area is 143 Å². The summed E-state index contributed by atoms with van der Waals surface area (Å²) in [6.07, 6.45) is 0. The van der Waals surface area contributed by atoms with Crippen molar-refractivity contribution in [1.82, 2.24) is 20.3 Å². The highest BCUT2D eigenvalue weighted by Crippen LogP contribution is 2.22. The zero-order valence-electron chi connectivity index (χ0n) is 13.4. The Bertz CT molecular complexity index is 890. The standard InChI is InChI=1S/C17H17N5OS/c1-10-5-3-4-6-12(10)8-19-15(23)13-7-14(22-17(18)21-13)16-20-11(2)9-24-16/h3-7,9H,8H2,1-2H3,(H,19,23)(H2,18,21,22). The molecule has 2 aromatic heterocycles. The zero-order chi connectivity index (χ0) is 17.1. The molecule has 24 heavy (non-hydrogen) atoms. The van der Waals surface area contributed by atoms with Gasteiger partial charge in [0.25, 0.3) is 5.91 Å². The lowest BCUT2D eigenvalue weighted by molar-refractivity contribution is 0.0946. The molecule has 0 aliphatic heterocycles. The highest BCUT2D eigenvalue weighted by molar-refractivity contribution is 7.13. The Morgan fingerprint density at radius 2 is 2.00 bits per heavy atom. The van der Waals surface area contributed by atoms with E-state index in [0.29, 0.717) is 12.2 Å². The van der Waals surface area contributed by atoms with Gasteiger partial charge in [-0.3, -0.25) is 4.79 Å². The first-order chi connectivity index (χ1) is 11.5. The molecule has 122 valence electrons. The van der Waals surface area contributed by atoms with Crippen LogP contribution >= 0.6 is 11.3 Å². The zero-order valence-corrected chi connectivity index (χ0v) is 14.2. The van der Waals surface area contributed by atoms with E-state index in [2.05, 4.69) is 20.3 Å². The van der Waals surface area contributed by atoms with Gasteiger partial charge in [0.15, 0.2) is 0 Å².